The molecule has 0 N–H and O–H groups in total. The van der Waals surface area contributed by atoms with Gasteiger partial charge in [-0.1, -0.05) is 6.07 Å². The molecule has 2 heterocycles. The molecule has 5 heteroatoms. The quantitative estimate of drug-likeness (QED) is 0.814. The van der Waals surface area contributed by atoms with E-state index in [2.05, 4.69) is 0 Å². The Morgan fingerprint density at radius 3 is 2.81 bits per heavy atom. The molecule has 0 saturated carbocycles. The molecule has 1 unspecified atom stereocenters. The van der Waals surface area contributed by atoms with Crippen LogP contribution in [0.5, 0.6) is 5.75 Å². The standard InChI is InChI=1S/C16H19NO4/c1-16(2,3)21-15(18)17-8-7-12-13(17)5-4-6-14(12)20-10-11-9-19-11/h4-8,11H,9-10H2,1-3H3. The van der Waals surface area contributed by atoms with Crippen molar-refractivity contribution in [3.8, 4) is 5.75 Å². The molecule has 0 aliphatic carbocycles. The van der Waals surface area contributed by atoms with Crippen LogP contribution in [0.3, 0.4) is 0 Å². The molecule has 0 spiro atoms. The van der Waals surface area contributed by atoms with Crippen LogP contribution in [-0.4, -0.2) is 35.6 Å². The van der Waals surface area contributed by atoms with Crippen molar-refractivity contribution in [1.82, 2.24) is 4.57 Å². The van der Waals surface area contributed by atoms with E-state index in [4.69, 9.17) is 14.2 Å². The number of hydrogen-bond acceptors (Lipinski definition) is 4. The van der Waals surface area contributed by atoms with Crippen molar-refractivity contribution in [3.63, 3.8) is 0 Å². The third-order valence-electron chi connectivity index (χ3n) is 3.11. The summed E-state index contributed by atoms with van der Waals surface area (Å²) in [4.78, 5) is 12.2. The van der Waals surface area contributed by atoms with Crippen LogP contribution >= 0.6 is 0 Å². The number of hydrogen-bond donors (Lipinski definition) is 0. The number of carbonyl (C=O) groups excluding carboxylic acids is 1. The lowest BCUT2D eigenvalue weighted by molar-refractivity contribution is 0.0544. The van der Waals surface area contributed by atoms with Crippen molar-refractivity contribution in [2.75, 3.05) is 13.2 Å². The average molecular weight is 289 g/mol. The summed E-state index contributed by atoms with van der Waals surface area (Å²) in [6.07, 6.45) is 1.52. The van der Waals surface area contributed by atoms with Gasteiger partial charge in [-0.05, 0) is 39.0 Å². The van der Waals surface area contributed by atoms with E-state index in [1.807, 2.05) is 45.0 Å². The number of nitrogens with zero attached hydrogens (tertiary/aromatic N) is 1. The maximum absolute atomic E-state index is 12.2. The smallest absolute Gasteiger partial charge is 0.418 e. The van der Waals surface area contributed by atoms with E-state index in [1.54, 1.807) is 6.20 Å². The van der Waals surface area contributed by atoms with Gasteiger partial charge in [-0.15, -0.1) is 0 Å². The summed E-state index contributed by atoms with van der Waals surface area (Å²) in [6.45, 7) is 6.84. The number of benzene rings is 1. The molecule has 21 heavy (non-hydrogen) atoms. The van der Waals surface area contributed by atoms with Gasteiger partial charge in [-0.3, -0.25) is 4.57 Å². The van der Waals surface area contributed by atoms with Crippen molar-refractivity contribution in [2.45, 2.75) is 32.5 Å². The maximum atomic E-state index is 12.2. The summed E-state index contributed by atoms with van der Waals surface area (Å²) in [5.41, 5.74) is 0.254. The summed E-state index contributed by atoms with van der Waals surface area (Å²) < 4.78 is 17.8. The van der Waals surface area contributed by atoms with E-state index in [0.29, 0.717) is 6.61 Å². The second-order valence-electron chi connectivity index (χ2n) is 6.12. The Balaban J connectivity index is 1.87. The van der Waals surface area contributed by atoms with Crippen LogP contribution in [0.15, 0.2) is 30.5 Å². The Morgan fingerprint density at radius 1 is 1.38 bits per heavy atom. The van der Waals surface area contributed by atoms with Crippen LogP contribution in [0.2, 0.25) is 0 Å². The molecule has 2 aromatic rings. The Bertz CT molecular complexity index is 664. The fraction of sp³-hybridized carbons (Fsp3) is 0.438. The largest absolute Gasteiger partial charge is 0.490 e. The Hall–Kier alpha value is -2.01. The van der Waals surface area contributed by atoms with Crippen LogP contribution in [0.25, 0.3) is 10.9 Å². The van der Waals surface area contributed by atoms with Gasteiger partial charge in [0.05, 0.1) is 12.1 Å². The first kappa shape index (κ1) is 13.9. The molecular formula is C16H19NO4. The van der Waals surface area contributed by atoms with Crippen LogP contribution in [0.1, 0.15) is 20.8 Å². The summed E-state index contributed by atoms with van der Waals surface area (Å²) in [7, 11) is 0. The van der Waals surface area contributed by atoms with Gasteiger partial charge in [0, 0.05) is 11.6 Å². The zero-order valence-electron chi connectivity index (χ0n) is 12.5. The Labute approximate surface area is 123 Å². The van der Waals surface area contributed by atoms with Crippen molar-refractivity contribution in [2.24, 2.45) is 0 Å². The molecule has 0 radical (unpaired) electrons. The first-order chi connectivity index (χ1) is 9.94. The van der Waals surface area contributed by atoms with Crippen LogP contribution in [0, 0.1) is 0 Å². The number of carbonyl (C=O) groups is 1. The highest BCUT2D eigenvalue weighted by Crippen LogP contribution is 2.28. The number of epoxide rings is 1. The van der Waals surface area contributed by atoms with E-state index in [1.165, 1.54) is 4.57 Å². The fourth-order valence-corrected chi connectivity index (χ4v) is 2.08. The van der Waals surface area contributed by atoms with Crippen molar-refractivity contribution >= 4 is 17.0 Å². The molecule has 5 nitrogen and oxygen atoms in total. The first-order valence-electron chi connectivity index (χ1n) is 7.02. The summed E-state index contributed by atoms with van der Waals surface area (Å²) in [5.74, 6) is 0.755. The minimum absolute atomic E-state index is 0.202. The van der Waals surface area contributed by atoms with Gasteiger partial charge in [0.1, 0.15) is 24.1 Å². The number of ether oxygens (including phenoxy) is 3. The molecule has 1 fully saturated rings. The van der Waals surface area contributed by atoms with Gasteiger partial charge in [-0.25, -0.2) is 4.79 Å². The van der Waals surface area contributed by atoms with Gasteiger partial charge < -0.3 is 14.2 Å². The lowest BCUT2D eigenvalue weighted by Crippen LogP contribution is -2.26. The van der Waals surface area contributed by atoms with E-state index in [9.17, 15) is 4.79 Å². The third kappa shape index (κ3) is 3.19. The predicted molar refractivity (Wildman–Crippen MR) is 78.8 cm³/mol. The van der Waals surface area contributed by atoms with Crippen LogP contribution in [0.4, 0.5) is 4.79 Å². The van der Waals surface area contributed by atoms with E-state index < -0.39 is 5.60 Å². The summed E-state index contributed by atoms with van der Waals surface area (Å²) >= 11 is 0. The normalized spacial score (nSPS) is 17.8. The molecular weight excluding hydrogens is 270 g/mol. The van der Waals surface area contributed by atoms with Gasteiger partial charge in [0.2, 0.25) is 0 Å². The van der Waals surface area contributed by atoms with Gasteiger partial charge in [0.25, 0.3) is 0 Å². The maximum Gasteiger partial charge on any atom is 0.418 e. The molecule has 1 saturated heterocycles. The van der Waals surface area contributed by atoms with Gasteiger partial charge >= 0.3 is 6.09 Å². The minimum Gasteiger partial charge on any atom is -0.490 e. The monoisotopic (exact) mass is 289 g/mol. The molecule has 112 valence electrons. The van der Waals surface area contributed by atoms with Crippen molar-refractivity contribution in [1.29, 1.82) is 0 Å². The zero-order chi connectivity index (χ0) is 15.0. The summed E-state index contributed by atoms with van der Waals surface area (Å²) in [6, 6.07) is 7.50. The van der Waals surface area contributed by atoms with Crippen molar-refractivity contribution in [3.05, 3.63) is 30.5 Å². The number of fused-ring (bicyclic) bond motifs is 1. The van der Waals surface area contributed by atoms with Crippen molar-refractivity contribution < 1.29 is 19.0 Å². The van der Waals surface area contributed by atoms with Gasteiger partial charge in [-0.2, -0.15) is 0 Å². The molecule has 3 rings (SSSR count). The zero-order valence-corrected chi connectivity index (χ0v) is 12.5. The third-order valence-corrected chi connectivity index (χ3v) is 3.11. The topological polar surface area (TPSA) is 53.0 Å². The molecule has 1 aromatic heterocycles. The Morgan fingerprint density at radius 2 is 2.14 bits per heavy atom. The van der Waals surface area contributed by atoms with E-state index in [-0.39, 0.29) is 12.2 Å². The Kier molecular flexibility index (Phi) is 3.37. The summed E-state index contributed by atoms with van der Waals surface area (Å²) in [5, 5.41) is 0.893. The number of aromatic nitrogens is 1. The SMILES string of the molecule is CC(C)(C)OC(=O)n1ccc2c(OCC3CO3)cccc21. The molecule has 1 aliphatic rings. The lowest BCUT2D eigenvalue weighted by atomic mass is 10.2. The number of rotatable bonds is 3. The van der Waals surface area contributed by atoms with E-state index in [0.717, 1.165) is 23.3 Å². The van der Waals surface area contributed by atoms with Crippen LogP contribution in [-0.2, 0) is 9.47 Å². The minimum atomic E-state index is -0.523. The second-order valence-corrected chi connectivity index (χ2v) is 6.12. The highest BCUT2D eigenvalue weighted by molar-refractivity contribution is 5.93. The first-order valence-corrected chi connectivity index (χ1v) is 7.02. The van der Waals surface area contributed by atoms with E-state index >= 15 is 0 Å². The molecule has 1 aliphatic heterocycles. The van der Waals surface area contributed by atoms with Crippen LogP contribution < -0.4 is 4.74 Å². The highest BCUT2D eigenvalue weighted by Gasteiger charge is 2.24. The molecule has 1 aromatic carbocycles. The second kappa shape index (κ2) is 5.07. The highest BCUT2D eigenvalue weighted by atomic mass is 16.6. The fourth-order valence-electron chi connectivity index (χ4n) is 2.08. The molecule has 1 atom stereocenters. The molecule has 0 amide bonds. The lowest BCUT2D eigenvalue weighted by Gasteiger charge is -2.19. The molecule has 0 bridgehead atoms. The van der Waals surface area contributed by atoms with Gasteiger partial charge in [0.15, 0.2) is 0 Å². The predicted octanol–water partition coefficient (Wildman–Crippen LogP) is 3.20. The average Bonchev–Trinajstić information content (AvgIpc) is 3.11.